The van der Waals surface area contributed by atoms with E-state index in [1.165, 1.54) is 93.3 Å². The van der Waals surface area contributed by atoms with E-state index in [2.05, 4.69) is 180 Å². The van der Waals surface area contributed by atoms with Crippen molar-refractivity contribution >= 4 is 71.2 Å². The molecule has 0 spiro atoms. The standard InChI is InChI=1S/C47H30N2/c1-29-9-5-6-14-43(29)48(36-12-3-2-4-13-36)37-21-19-32-25-39-40-26-33-20-22-38(24-35(33)28-42(40)41(39)27-34(32)23-37)49-44-15-7-10-30-17-18-31-11-8-16-45(49)47(31)46(30)44/h2-28H,1H3. The maximum atomic E-state index is 2.44. The summed E-state index contributed by atoms with van der Waals surface area (Å²) >= 11 is 0. The van der Waals surface area contributed by atoms with Crippen molar-refractivity contribution in [2.75, 3.05) is 4.90 Å². The molecule has 1 aliphatic rings. The molecular weight excluding hydrogens is 593 g/mol. The molecule has 2 nitrogen and oxygen atoms in total. The Labute approximate surface area is 284 Å². The van der Waals surface area contributed by atoms with Gasteiger partial charge in [-0.05, 0) is 146 Å². The van der Waals surface area contributed by atoms with Gasteiger partial charge in [-0.15, -0.1) is 0 Å². The number of para-hydroxylation sites is 2. The zero-order chi connectivity index (χ0) is 32.2. The Bertz CT molecular complexity index is 2880. The molecule has 0 unspecified atom stereocenters. The van der Waals surface area contributed by atoms with Crippen LogP contribution in [0.3, 0.4) is 0 Å². The highest BCUT2D eigenvalue weighted by Crippen LogP contribution is 2.51. The van der Waals surface area contributed by atoms with E-state index in [9.17, 15) is 0 Å². The molecule has 228 valence electrons. The van der Waals surface area contributed by atoms with Crippen LogP contribution >= 0.6 is 0 Å². The summed E-state index contributed by atoms with van der Waals surface area (Å²) < 4.78 is 2.44. The molecule has 11 rings (SSSR count). The van der Waals surface area contributed by atoms with Crippen molar-refractivity contribution in [1.29, 1.82) is 0 Å². The van der Waals surface area contributed by atoms with E-state index >= 15 is 0 Å². The number of nitrogens with zero attached hydrogens (tertiary/aromatic N) is 2. The van der Waals surface area contributed by atoms with Crippen molar-refractivity contribution in [3.63, 3.8) is 0 Å². The second-order valence-corrected chi connectivity index (χ2v) is 13.5. The molecule has 2 heteroatoms. The number of benzene rings is 9. The minimum absolute atomic E-state index is 1.15. The molecule has 0 aliphatic heterocycles. The van der Waals surface area contributed by atoms with Gasteiger partial charge in [0.2, 0.25) is 0 Å². The van der Waals surface area contributed by atoms with E-state index in [1.54, 1.807) is 0 Å². The van der Waals surface area contributed by atoms with Crippen molar-refractivity contribution < 1.29 is 0 Å². The summed E-state index contributed by atoms with van der Waals surface area (Å²) in [7, 11) is 0. The fourth-order valence-corrected chi connectivity index (χ4v) is 8.39. The number of rotatable bonds is 4. The highest BCUT2D eigenvalue weighted by Gasteiger charge is 2.25. The Morgan fingerprint density at radius 2 is 0.939 bits per heavy atom. The Morgan fingerprint density at radius 3 is 1.59 bits per heavy atom. The molecule has 0 fully saturated rings. The van der Waals surface area contributed by atoms with Gasteiger partial charge in [0, 0.05) is 33.5 Å². The third-order valence-electron chi connectivity index (χ3n) is 10.7. The number of aryl methyl sites for hydroxylation is 1. The van der Waals surface area contributed by atoms with Crippen LogP contribution in [0.25, 0.3) is 82.1 Å². The lowest BCUT2D eigenvalue weighted by Crippen LogP contribution is -2.11. The van der Waals surface area contributed by atoms with Gasteiger partial charge in [-0.3, -0.25) is 0 Å². The lowest BCUT2D eigenvalue weighted by atomic mass is 9.78. The molecule has 9 aromatic carbocycles. The van der Waals surface area contributed by atoms with Crippen LogP contribution in [0, 0.1) is 6.92 Å². The van der Waals surface area contributed by atoms with Crippen molar-refractivity contribution in [3.8, 4) is 27.9 Å². The minimum atomic E-state index is 1.15. The van der Waals surface area contributed by atoms with E-state index < -0.39 is 0 Å². The molecule has 0 saturated carbocycles. The van der Waals surface area contributed by atoms with Gasteiger partial charge in [-0.1, -0.05) is 84.9 Å². The smallest absolute Gasteiger partial charge is 0.0547 e. The first-order chi connectivity index (χ1) is 24.2. The van der Waals surface area contributed by atoms with Crippen LogP contribution in [-0.4, -0.2) is 4.57 Å². The second kappa shape index (κ2) is 9.82. The fourth-order valence-electron chi connectivity index (χ4n) is 8.39. The highest BCUT2D eigenvalue weighted by molar-refractivity contribution is 6.24. The van der Waals surface area contributed by atoms with Gasteiger partial charge in [-0.25, -0.2) is 0 Å². The average molecular weight is 623 g/mol. The summed E-state index contributed by atoms with van der Waals surface area (Å²) in [5.41, 5.74) is 13.8. The quantitative estimate of drug-likeness (QED) is 0.177. The SMILES string of the molecule is Cc1ccccc1N(c1ccccc1)c1ccc2cc3c(cc2c1)-c1cc2cc(-n4c5cccc6ccc7cccc4c7c65)ccc2cc1-3. The third kappa shape index (κ3) is 3.77. The highest BCUT2D eigenvalue weighted by atomic mass is 15.1. The Kier molecular flexibility index (Phi) is 5.34. The largest absolute Gasteiger partial charge is 0.310 e. The molecule has 0 amide bonds. The van der Waals surface area contributed by atoms with Crippen LogP contribution in [0.5, 0.6) is 0 Å². The number of fused-ring (bicyclic) bond motifs is 6. The Morgan fingerprint density at radius 1 is 0.388 bits per heavy atom. The van der Waals surface area contributed by atoms with Gasteiger partial charge in [0.25, 0.3) is 0 Å². The van der Waals surface area contributed by atoms with Crippen molar-refractivity contribution in [3.05, 3.63) is 169 Å². The molecule has 10 aromatic rings. The number of hydrogen-bond donors (Lipinski definition) is 0. The van der Waals surface area contributed by atoms with Crippen LogP contribution in [0.4, 0.5) is 17.1 Å². The lowest BCUT2D eigenvalue weighted by Gasteiger charge is -2.28. The van der Waals surface area contributed by atoms with E-state index in [1.807, 2.05) is 0 Å². The van der Waals surface area contributed by atoms with Gasteiger partial charge in [-0.2, -0.15) is 0 Å². The normalized spacial score (nSPS) is 12.2. The first kappa shape index (κ1) is 26.7. The zero-order valence-corrected chi connectivity index (χ0v) is 27.0. The van der Waals surface area contributed by atoms with Crippen molar-refractivity contribution in [2.45, 2.75) is 6.92 Å². The molecule has 0 N–H and O–H groups in total. The molecule has 1 aliphatic carbocycles. The maximum absolute atomic E-state index is 2.44. The van der Waals surface area contributed by atoms with Crippen molar-refractivity contribution in [1.82, 2.24) is 4.57 Å². The molecule has 0 radical (unpaired) electrons. The summed E-state index contributed by atoms with van der Waals surface area (Å²) in [6.45, 7) is 2.19. The maximum Gasteiger partial charge on any atom is 0.0547 e. The van der Waals surface area contributed by atoms with Crippen molar-refractivity contribution in [2.24, 2.45) is 0 Å². The third-order valence-corrected chi connectivity index (χ3v) is 10.7. The average Bonchev–Trinajstić information content (AvgIpc) is 3.49. The summed E-state index contributed by atoms with van der Waals surface area (Å²) in [4.78, 5) is 2.37. The van der Waals surface area contributed by atoms with E-state index in [-0.39, 0.29) is 0 Å². The first-order valence-electron chi connectivity index (χ1n) is 17.0. The van der Waals surface area contributed by atoms with Crippen LogP contribution in [0.2, 0.25) is 0 Å². The molecule has 49 heavy (non-hydrogen) atoms. The van der Waals surface area contributed by atoms with Crippen LogP contribution < -0.4 is 4.90 Å². The monoisotopic (exact) mass is 622 g/mol. The number of aromatic nitrogens is 1. The zero-order valence-electron chi connectivity index (χ0n) is 27.0. The molecular formula is C47H30N2. The summed E-state index contributed by atoms with van der Waals surface area (Å²) in [6.07, 6.45) is 0. The molecule has 1 aromatic heterocycles. The fraction of sp³-hybridized carbons (Fsp3) is 0.0213. The van der Waals surface area contributed by atoms with E-state index in [0.29, 0.717) is 0 Å². The first-order valence-corrected chi connectivity index (χ1v) is 17.0. The van der Waals surface area contributed by atoms with Gasteiger partial charge < -0.3 is 9.47 Å². The van der Waals surface area contributed by atoms with Gasteiger partial charge in [0.1, 0.15) is 0 Å². The summed E-state index contributed by atoms with van der Waals surface area (Å²) in [5, 5.41) is 10.3. The van der Waals surface area contributed by atoms with Gasteiger partial charge >= 0.3 is 0 Å². The molecule has 0 bridgehead atoms. The van der Waals surface area contributed by atoms with Crippen LogP contribution in [0.15, 0.2) is 164 Å². The summed E-state index contributed by atoms with van der Waals surface area (Å²) in [5.74, 6) is 0. The predicted octanol–water partition coefficient (Wildman–Crippen LogP) is 13.1. The van der Waals surface area contributed by atoms with Gasteiger partial charge in [0.15, 0.2) is 0 Å². The number of hydrogen-bond acceptors (Lipinski definition) is 1. The van der Waals surface area contributed by atoms with E-state index in [0.717, 1.165) is 11.4 Å². The minimum Gasteiger partial charge on any atom is -0.310 e. The number of anilines is 3. The molecule has 0 saturated heterocycles. The second-order valence-electron chi connectivity index (χ2n) is 13.5. The predicted molar refractivity (Wildman–Crippen MR) is 208 cm³/mol. The summed E-state index contributed by atoms with van der Waals surface area (Å²) in [6, 6.07) is 60.5. The van der Waals surface area contributed by atoms with E-state index in [4.69, 9.17) is 0 Å². The Balaban J connectivity index is 1.04. The Hall–Kier alpha value is -6.38. The lowest BCUT2D eigenvalue weighted by molar-refractivity contribution is 1.19. The van der Waals surface area contributed by atoms with Gasteiger partial charge in [0.05, 0.1) is 11.0 Å². The van der Waals surface area contributed by atoms with Crippen LogP contribution in [-0.2, 0) is 0 Å². The molecule has 0 atom stereocenters. The van der Waals surface area contributed by atoms with Crippen LogP contribution in [0.1, 0.15) is 5.56 Å². The molecule has 1 heterocycles. The topological polar surface area (TPSA) is 8.17 Å².